The zero-order chi connectivity index (χ0) is 10.0. The van der Waals surface area contributed by atoms with E-state index in [0.29, 0.717) is 0 Å². The highest BCUT2D eigenvalue weighted by molar-refractivity contribution is 6.63. The number of ether oxygens (including phenoxy) is 1. The van der Waals surface area contributed by atoms with Gasteiger partial charge in [-0.15, -0.1) is 0 Å². The smallest absolute Gasteiger partial charge is 0.342 e. The summed E-state index contributed by atoms with van der Waals surface area (Å²) >= 11 is 5.09. The molecule has 0 aromatic rings. The van der Waals surface area contributed by atoms with Gasteiger partial charge < -0.3 is 4.74 Å². The summed E-state index contributed by atoms with van der Waals surface area (Å²) in [5, 5.41) is -0.535. The lowest BCUT2D eigenvalue weighted by atomic mass is 10.1. The van der Waals surface area contributed by atoms with E-state index < -0.39 is 17.2 Å². The van der Waals surface area contributed by atoms with E-state index in [1.807, 2.05) is 0 Å². The van der Waals surface area contributed by atoms with Crippen molar-refractivity contribution in [2.24, 2.45) is 0 Å². The topological polar surface area (TPSA) is 60.4 Å². The maximum Gasteiger partial charge on any atom is 0.342 e. The van der Waals surface area contributed by atoms with Gasteiger partial charge in [0.05, 0.1) is 0 Å². The van der Waals surface area contributed by atoms with Gasteiger partial charge in [-0.1, -0.05) is 0 Å². The first-order valence-corrected chi connectivity index (χ1v) is 4.04. The molecule has 1 rings (SSSR count). The molecular formula is C8H7ClO4. The van der Waals surface area contributed by atoms with Crippen molar-refractivity contribution < 1.29 is 19.1 Å². The number of carbonyl (C=O) groups is 3. The van der Waals surface area contributed by atoms with Crippen LogP contribution < -0.4 is 0 Å². The normalized spacial score (nSPS) is 16.5. The number of halogens is 1. The van der Waals surface area contributed by atoms with Gasteiger partial charge in [0.1, 0.15) is 0 Å². The van der Waals surface area contributed by atoms with E-state index in [1.54, 1.807) is 0 Å². The highest BCUT2D eigenvalue weighted by atomic mass is 35.5. The van der Waals surface area contributed by atoms with E-state index in [2.05, 4.69) is 4.74 Å². The van der Waals surface area contributed by atoms with Gasteiger partial charge in [0.15, 0.2) is 0 Å². The summed E-state index contributed by atoms with van der Waals surface area (Å²) in [5.74, 6) is -1.30. The van der Waals surface area contributed by atoms with Crippen LogP contribution in [0.15, 0.2) is 11.1 Å². The highest BCUT2D eigenvalue weighted by Crippen LogP contribution is 2.21. The van der Waals surface area contributed by atoms with Crippen LogP contribution in [0.2, 0.25) is 0 Å². The number of rotatable bonds is 3. The predicted octanol–water partition coefficient (Wildman–Crippen LogP) is 0.932. The van der Waals surface area contributed by atoms with E-state index >= 15 is 0 Å². The summed E-state index contributed by atoms with van der Waals surface area (Å²) in [5.41, 5.74) is 0.516. The van der Waals surface area contributed by atoms with Gasteiger partial charge in [-0.25, -0.2) is 9.59 Å². The molecule has 4 nitrogen and oxygen atoms in total. The van der Waals surface area contributed by atoms with Crippen molar-refractivity contribution >= 4 is 28.8 Å². The Hall–Kier alpha value is -1.16. The summed E-state index contributed by atoms with van der Waals surface area (Å²) in [6.45, 7) is 1.49. The maximum atomic E-state index is 11.0. The molecule has 5 heteroatoms. The molecule has 0 aliphatic carbocycles. The van der Waals surface area contributed by atoms with Crippen LogP contribution in [-0.2, 0) is 19.1 Å². The molecule has 1 heterocycles. The third-order valence-corrected chi connectivity index (χ3v) is 1.95. The van der Waals surface area contributed by atoms with Crippen LogP contribution in [0.4, 0.5) is 0 Å². The fraction of sp³-hybridized carbons (Fsp3) is 0.375. The molecule has 0 aromatic heterocycles. The lowest BCUT2D eigenvalue weighted by Gasteiger charge is -1.94. The van der Waals surface area contributed by atoms with Crippen molar-refractivity contribution in [3.05, 3.63) is 11.1 Å². The monoisotopic (exact) mass is 202 g/mol. The second kappa shape index (κ2) is 3.70. The lowest BCUT2D eigenvalue weighted by Crippen LogP contribution is -2.02. The van der Waals surface area contributed by atoms with Crippen LogP contribution >= 0.6 is 11.6 Å². The van der Waals surface area contributed by atoms with Crippen molar-refractivity contribution in [2.75, 3.05) is 0 Å². The SMILES string of the molecule is CC1=C(CCC(=O)Cl)C(=O)OC1=O. The summed E-state index contributed by atoms with van der Waals surface area (Å²) < 4.78 is 4.31. The van der Waals surface area contributed by atoms with Gasteiger partial charge in [0, 0.05) is 17.6 Å². The number of esters is 2. The molecule has 0 fully saturated rings. The fourth-order valence-corrected chi connectivity index (χ4v) is 1.11. The standard InChI is InChI=1S/C8H7ClO4/c1-4-5(2-3-6(9)10)8(12)13-7(4)11/h2-3H2,1H3. The van der Waals surface area contributed by atoms with Crippen LogP contribution in [0.3, 0.4) is 0 Å². The summed E-state index contributed by atoms with van der Waals surface area (Å²) in [6.07, 6.45) is 0.204. The van der Waals surface area contributed by atoms with Crippen LogP contribution in [0, 0.1) is 0 Å². The Kier molecular flexibility index (Phi) is 2.83. The Balaban J connectivity index is 2.72. The predicted molar refractivity (Wildman–Crippen MR) is 43.9 cm³/mol. The third-order valence-electron chi connectivity index (χ3n) is 1.76. The molecule has 0 unspecified atom stereocenters. The fourth-order valence-electron chi connectivity index (χ4n) is 1.01. The van der Waals surface area contributed by atoms with Gasteiger partial charge in [-0.2, -0.15) is 0 Å². The van der Waals surface area contributed by atoms with E-state index in [-0.39, 0.29) is 24.0 Å². The van der Waals surface area contributed by atoms with Gasteiger partial charge in [0.25, 0.3) is 0 Å². The molecule has 0 saturated heterocycles. The minimum absolute atomic E-state index is 0.0383. The quantitative estimate of drug-likeness (QED) is 0.388. The van der Waals surface area contributed by atoms with E-state index in [9.17, 15) is 14.4 Å². The number of cyclic esters (lactones) is 2. The molecule has 0 N–H and O–H groups in total. The van der Waals surface area contributed by atoms with Crippen molar-refractivity contribution in [3.8, 4) is 0 Å². The van der Waals surface area contributed by atoms with E-state index in [4.69, 9.17) is 11.6 Å². The van der Waals surface area contributed by atoms with Crippen molar-refractivity contribution in [1.82, 2.24) is 0 Å². The van der Waals surface area contributed by atoms with E-state index in [0.717, 1.165) is 0 Å². The largest absolute Gasteiger partial charge is 0.386 e. The number of carbonyl (C=O) groups excluding carboxylic acids is 3. The molecule has 1 aliphatic rings. The molecule has 0 atom stereocenters. The zero-order valence-electron chi connectivity index (χ0n) is 6.93. The van der Waals surface area contributed by atoms with Gasteiger partial charge in [-0.05, 0) is 24.9 Å². The molecule has 0 spiro atoms. The number of hydrogen-bond acceptors (Lipinski definition) is 4. The zero-order valence-corrected chi connectivity index (χ0v) is 7.68. The first-order valence-electron chi connectivity index (χ1n) is 3.67. The lowest BCUT2D eigenvalue weighted by molar-refractivity contribution is -0.151. The van der Waals surface area contributed by atoms with Crippen molar-refractivity contribution in [2.45, 2.75) is 19.8 Å². The summed E-state index contributed by atoms with van der Waals surface area (Å²) in [4.78, 5) is 32.2. The summed E-state index contributed by atoms with van der Waals surface area (Å²) in [7, 11) is 0. The Labute approximate surface area is 79.5 Å². The van der Waals surface area contributed by atoms with Crippen LogP contribution in [0.1, 0.15) is 19.8 Å². The molecule has 0 bridgehead atoms. The third kappa shape index (κ3) is 2.15. The van der Waals surface area contributed by atoms with Crippen LogP contribution in [0.5, 0.6) is 0 Å². The first-order chi connectivity index (χ1) is 6.02. The average molecular weight is 203 g/mol. The summed E-state index contributed by atoms with van der Waals surface area (Å²) in [6, 6.07) is 0. The molecule has 0 aromatic carbocycles. The number of hydrogen-bond donors (Lipinski definition) is 0. The van der Waals surface area contributed by atoms with Gasteiger partial charge in [0.2, 0.25) is 5.24 Å². The Morgan fingerprint density at radius 2 is 2.00 bits per heavy atom. The second-order valence-electron chi connectivity index (χ2n) is 2.64. The molecular weight excluding hydrogens is 196 g/mol. The Morgan fingerprint density at radius 1 is 1.38 bits per heavy atom. The van der Waals surface area contributed by atoms with Crippen molar-refractivity contribution in [3.63, 3.8) is 0 Å². The minimum Gasteiger partial charge on any atom is -0.386 e. The maximum absolute atomic E-state index is 11.0. The molecule has 70 valence electrons. The first kappa shape index (κ1) is 9.92. The molecule has 0 saturated carbocycles. The second-order valence-corrected chi connectivity index (χ2v) is 3.06. The molecule has 0 radical (unpaired) electrons. The van der Waals surface area contributed by atoms with Gasteiger partial charge >= 0.3 is 11.9 Å². The Bertz CT molecular complexity index is 316. The highest BCUT2D eigenvalue weighted by Gasteiger charge is 2.29. The average Bonchev–Trinajstić information content (AvgIpc) is 2.24. The Morgan fingerprint density at radius 3 is 2.38 bits per heavy atom. The van der Waals surface area contributed by atoms with Crippen LogP contribution in [0.25, 0.3) is 0 Å². The van der Waals surface area contributed by atoms with Gasteiger partial charge in [-0.3, -0.25) is 4.79 Å². The molecule has 0 amide bonds. The van der Waals surface area contributed by atoms with Crippen LogP contribution in [-0.4, -0.2) is 17.2 Å². The van der Waals surface area contributed by atoms with Crippen molar-refractivity contribution in [1.29, 1.82) is 0 Å². The molecule has 1 aliphatic heterocycles. The van der Waals surface area contributed by atoms with E-state index in [1.165, 1.54) is 6.92 Å². The minimum atomic E-state index is -0.666. The molecule has 13 heavy (non-hydrogen) atoms.